The zero-order chi connectivity index (χ0) is 14.9. The van der Waals surface area contributed by atoms with Crippen LogP contribution in [0.1, 0.15) is 37.0 Å². The van der Waals surface area contributed by atoms with E-state index in [0.717, 1.165) is 12.8 Å². The lowest BCUT2D eigenvalue weighted by atomic mass is 9.92. The van der Waals surface area contributed by atoms with Crippen LogP contribution < -0.4 is 5.32 Å². The van der Waals surface area contributed by atoms with Gasteiger partial charge in [0.2, 0.25) is 0 Å². The molecule has 2 rings (SSSR count). The Hall–Kier alpha value is -1.62. The Morgan fingerprint density at radius 3 is 2.60 bits per heavy atom. The first kappa shape index (κ1) is 14.8. The summed E-state index contributed by atoms with van der Waals surface area (Å²) in [5.74, 6) is 0.243. The van der Waals surface area contributed by atoms with E-state index in [1.807, 2.05) is 0 Å². The van der Waals surface area contributed by atoms with Gasteiger partial charge < -0.3 is 5.32 Å². The molecule has 0 atom stereocenters. The van der Waals surface area contributed by atoms with E-state index >= 15 is 0 Å². The molecule has 6 heteroatoms. The van der Waals surface area contributed by atoms with Crippen molar-refractivity contribution in [3.05, 3.63) is 38.9 Å². The maximum atomic E-state index is 12.1. The SMILES string of the molecule is CC(C)C1(CNC(=O)c2ccc([N+](=O)[O-])cc2Cl)CC1. The fourth-order valence-corrected chi connectivity index (χ4v) is 2.53. The van der Waals surface area contributed by atoms with Crippen LogP contribution in [-0.2, 0) is 0 Å². The fourth-order valence-electron chi connectivity index (χ4n) is 2.27. The molecule has 0 heterocycles. The van der Waals surface area contributed by atoms with Crippen LogP contribution in [0, 0.1) is 21.4 Å². The smallest absolute Gasteiger partial charge is 0.270 e. The zero-order valence-corrected chi connectivity index (χ0v) is 12.2. The molecule has 1 fully saturated rings. The number of benzene rings is 1. The monoisotopic (exact) mass is 296 g/mol. The van der Waals surface area contributed by atoms with Crippen LogP contribution in [0.3, 0.4) is 0 Å². The van der Waals surface area contributed by atoms with Gasteiger partial charge in [-0.15, -0.1) is 0 Å². The first-order chi connectivity index (χ1) is 9.35. The number of nitro groups is 1. The van der Waals surface area contributed by atoms with Crippen molar-refractivity contribution in [1.82, 2.24) is 5.32 Å². The van der Waals surface area contributed by atoms with Gasteiger partial charge in [0.05, 0.1) is 15.5 Å². The molecule has 0 aliphatic heterocycles. The summed E-state index contributed by atoms with van der Waals surface area (Å²) in [7, 11) is 0. The third-order valence-corrected chi connectivity index (χ3v) is 4.44. The maximum absolute atomic E-state index is 12.1. The number of nitrogens with one attached hydrogen (secondary N) is 1. The van der Waals surface area contributed by atoms with E-state index in [-0.39, 0.29) is 27.6 Å². The average molecular weight is 297 g/mol. The zero-order valence-electron chi connectivity index (χ0n) is 11.5. The quantitative estimate of drug-likeness (QED) is 0.668. The molecule has 108 valence electrons. The lowest BCUT2D eigenvalue weighted by Crippen LogP contribution is -2.32. The minimum Gasteiger partial charge on any atom is -0.351 e. The predicted molar refractivity (Wildman–Crippen MR) is 76.9 cm³/mol. The average Bonchev–Trinajstić information content (AvgIpc) is 3.17. The second kappa shape index (κ2) is 5.40. The molecular weight excluding hydrogens is 280 g/mol. The Bertz CT molecular complexity index is 553. The fraction of sp³-hybridized carbons (Fsp3) is 0.500. The van der Waals surface area contributed by atoms with E-state index in [0.29, 0.717) is 12.5 Å². The lowest BCUT2D eigenvalue weighted by Gasteiger charge is -2.20. The number of nitro benzene ring substituents is 1. The summed E-state index contributed by atoms with van der Waals surface area (Å²) in [6.45, 7) is 4.92. The number of rotatable bonds is 5. The number of amides is 1. The van der Waals surface area contributed by atoms with E-state index in [2.05, 4.69) is 19.2 Å². The van der Waals surface area contributed by atoms with Gasteiger partial charge in [0.1, 0.15) is 0 Å². The molecule has 1 aliphatic rings. The van der Waals surface area contributed by atoms with Crippen molar-refractivity contribution in [3.63, 3.8) is 0 Å². The molecule has 1 amide bonds. The summed E-state index contributed by atoms with van der Waals surface area (Å²) in [6, 6.07) is 3.88. The second-order valence-corrected chi connectivity index (χ2v) is 6.03. The normalized spacial score (nSPS) is 16.0. The van der Waals surface area contributed by atoms with Crippen LogP contribution in [0.2, 0.25) is 5.02 Å². The molecule has 0 bridgehead atoms. The predicted octanol–water partition coefficient (Wildman–Crippen LogP) is 3.41. The largest absolute Gasteiger partial charge is 0.351 e. The molecule has 0 spiro atoms. The molecule has 1 aromatic carbocycles. The molecule has 1 saturated carbocycles. The van der Waals surface area contributed by atoms with E-state index in [4.69, 9.17) is 11.6 Å². The Labute approximate surface area is 122 Å². The summed E-state index contributed by atoms with van der Waals surface area (Å²) in [5, 5.41) is 13.6. The van der Waals surface area contributed by atoms with Gasteiger partial charge in [-0.05, 0) is 30.2 Å². The topological polar surface area (TPSA) is 72.2 Å². The number of hydrogen-bond donors (Lipinski definition) is 1. The third kappa shape index (κ3) is 2.93. The molecule has 1 aliphatic carbocycles. The molecule has 1 N–H and O–H groups in total. The van der Waals surface area contributed by atoms with Gasteiger partial charge in [-0.2, -0.15) is 0 Å². The maximum Gasteiger partial charge on any atom is 0.270 e. The number of carbonyl (C=O) groups is 1. The van der Waals surface area contributed by atoms with E-state index in [9.17, 15) is 14.9 Å². The van der Waals surface area contributed by atoms with Gasteiger partial charge in [-0.3, -0.25) is 14.9 Å². The van der Waals surface area contributed by atoms with Gasteiger partial charge in [-0.25, -0.2) is 0 Å². The highest BCUT2D eigenvalue weighted by atomic mass is 35.5. The van der Waals surface area contributed by atoms with E-state index in [1.54, 1.807) is 0 Å². The highest BCUT2D eigenvalue weighted by Gasteiger charge is 2.45. The van der Waals surface area contributed by atoms with Crippen LogP contribution in [-0.4, -0.2) is 17.4 Å². The number of nitrogens with zero attached hydrogens (tertiary/aromatic N) is 1. The van der Waals surface area contributed by atoms with E-state index < -0.39 is 4.92 Å². The number of halogens is 1. The molecule has 5 nitrogen and oxygen atoms in total. The second-order valence-electron chi connectivity index (χ2n) is 5.62. The van der Waals surface area contributed by atoms with Crippen LogP contribution in [0.4, 0.5) is 5.69 Å². The molecule has 0 saturated heterocycles. The summed E-state index contributed by atoms with van der Waals surface area (Å²) >= 11 is 5.93. The van der Waals surface area contributed by atoms with Crippen molar-refractivity contribution >= 4 is 23.2 Å². The summed E-state index contributed by atoms with van der Waals surface area (Å²) in [5.41, 5.74) is 0.368. The number of hydrogen-bond acceptors (Lipinski definition) is 3. The van der Waals surface area contributed by atoms with Crippen molar-refractivity contribution in [3.8, 4) is 0 Å². The summed E-state index contributed by atoms with van der Waals surface area (Å²) in [4.78, 5) is 22.2. The van der Waals surface area contributed by atoms with Crippen molar-refractivity contribution in [2.75, 3.05) is 6.54 Å². The number of non-ortho nitro benzene ring substituents is 1. The summed E-state index contributed by atoms with van der Waals surface area (Å²) < 4.78 is 0. The minimum absolute atomic E-state index is 0.103. The van der Waals surface area contributed by atoms with Gasteiger partial charge in [0, 0.05) is 18.7 Å². The van der Waals surface area contributed by atoms with Crippen LogP contribution in [0.25, 0.3) is 0 Å². The van der Waals surface area contributed by atoms with Gasteiger partial charge in [0.25, 0.3) is 11.6 Å². The Morgan fingerprint density at radius 2 is 2.15 bits per heavy atom. The highest BCUT2D eigenvalue weighted by Crippen LogP contribution is 2.51. The van der Waals surface area contributed by atoms with Crippen molar-refractivity contribution in [2.24, 2.45) is 11.3 Å². The Kier molecular flexibility index (Phi) is 3.99. The van der Waals surface area contributed by atoms with Gasteiger partial charge >= 0.3 is 0 Å². The Morgan fingerprint density at radius 1 is 1.50 bits per heavy atom. The van der Waals surface area contributed by atoms with Crippen LogP contribution >= 0.6 is 11.6 Å². The molecule has 0 unspecified atom stereocenters. The molecule has 0 radical (unpaired) electrons. The standard InChI is InChI=1S/C14H17ClN2O3/c1-9(2)14(5-6-14)8-16-13(18)11-4-3-10(17(19)20)7-12(11)15/h3-4,7,9H,5-6,8H2,1-2H3,(H,16,18). The minimum atomic E-state index is -0.536. The highest BCUT2D eigenvalue weighted by molar-refractivity contribution is 6.34. The molecule has 1 aromatic rings. The molecular formula is C14H17ClN2O3. The van der Waals surface area contributed by atoms with Crippen molar-refractivity contribution < 1.29 is 9.72 Å². The van der Waals surface area contributed by atoms with Crippen LogP contribution in [0.5, 0.6) is 0 Å². The Balaban J connectivity index is 2.05. The lowest BCUT2D eigenvalue weighted by molar-refractivity contribution is -0.384. The van der Waals surface area contributed by atoms with Crippen LogP contribution in [0.15, 0.2) is 18.2 Å². The van der Waals surface area contributed by atoms with Crippen molar-refractivity contribution in [2.45, 2.75) is 26.7 Å². The first-order valence-electron chi connectivity index (χ1n) is 6.58. The first-order valence-corrected chi connectivity index (χ1v) is 6.96. The molecule has 20 heavy (non-hydrogen) atoms. The van der Waals surface area contributed by atoms with Crippen molar-refractivity contribution in [1.29, 1.82) is 0 Å². The van der Waals surface area contributed by atoms with Gasteiger partial charge in [-0.1, -0.05) is 25.4 Å². The number of carbonyl (C=O) groups excluding carboxylic acids is 1. The molecule has 0 aromatic heterocycles. The van der Waals surface area contributed by atoms with Gasteiger partial charge in [0.15, 0.2) is 0 Å². The van der Waals surface area contributed by atoms with E-state index in [1.165, 1.54) is 18.2 Å². The third-order valence-electron chi connectivity index (χ3n) is 4.13. The summed E-state index contributed by atoms with van der Waals surface area (Å²) in [6.07, 6.45) is 2.25.